The first-order valence-electron chi connectivity index (χ1n) is 7.39. The Kier molecular flexibility index (Phi) is 4.52. The van der Waals surface area contributed by atoms with E-state index in [-0.39, 0.29) is 12.2 Å². The zero-order valence-electron chi connectivity index (χ0n) is 13.2. The van der Waals surface area contributed by atoms with Gasteiger partial charge in [-0.25, -0.2) is 4.79 Å². The van der Waals surface area contributed by atoms with Gasteiger partial charge in [-0.3, -0.25) is 25.2 Å². The average Bonchev–Trinajstić information content (AvgIpc) is 2.65. The number of carbonyl (C=O) groups excluding carboxylic acids is 1. The van der Waals surface area contributed by atoms with Gasteiger partial charge in [0.05, 0.1) is 27.0 Å². The van der Waals surface area contributed by atoms with Crippen molar-refractivity contribution in [3.8, 4) is 0 Å². The van der Waals surface area contributed by atoms with E-state index in [1.165, 1.54) is 0 Å². The molecule has 2 aromatic carbocycles. The van der Waals surface area contributed by atoms with Gasteiger partial charge in [0.2, 0.25) is 0 Å². The Balaban J connectivity index is 1.86. The number of carbonyl (C=O) groups is 1. The van der Waals surface area contributed by atoms with Gasteiger partial charge in [-0.05, 0) is 6.07 Å². The Morgan fingerprint density at radius 2 is 1.65 bits per heavy atom. The smallest absolute Gasteiger partial charge is 0.338 e. The number of ether oxygens (including phenoxy) is 1. The number of hydrogen-bond acceptors (Lipinski definition) is 7. The predicted molar refractivity (Wildman–Crippen MR) is 90.6 cm³/mol. The fraction of sp³-hybridized carbons (Fsp3) is 0.0588. The lowest BCUT2D eigenvalue weighted by Gasteiger charge is -2.07. The number of pyridine rings is 1. The molecule has 0 spiro atoms. The van der Waals surface area contributed by atoms with Crippen LogP contribution in [0.2, 0.25) is 0 Å². The minimum absolute atomic E-state index is 0.121. The molecule has 26 heavy (non-hydrogen) atoms. The number of hydrogen-bond donors (Lipinski definition) is 0. The van der Waals surface area contributed by atoms with Crippen LogP contribution in [0.4, 0.5) is 11.4 Å². The van der Waals surface area contributed by atoms with E-state index < -0.39 is 27.2 Å². The predicted octanol–water partition coefficient (Wildman–Crippen LogP) is 3.41. The summed E-state index contributed by atoms with van der Waals surface area (Å²) in [6, 6.07) is 11.7. The third-order valence-electron chi connectivity index (χ3n) is 3.63. The summed E-state index contributed by atoms with van der Waals surface area (Å²) in [5, 5.41) is 22.7. The maximum absolute atomic E-state index is 12.2. The number of nitro groups is 2. The molecule has 0 atom stereocenters. The number of benzene rings is 2. The van der Waals surface area contributed by atoms with Gasteiger partial charge in [0, 0.05) is 29.3 Å². The summed E-state index contributed by atoms with van der Waals surface area (Å²) < 4.78 is 5.17. The molecule has 1 aromatic heterocycles. The van der Waals surface area contributed by atoms with Crippen molar-refractivity contribution in [1.82, 2.24) is 4.98 Å². The van der Waals surface area contributed by atoms with E-state index in [1.807, 2.05) is 12.1 Å². The van der Waals surface area contributed by atoms with E-state index in [1.54, 1.807) is 24.4 Å². The molecule has 0 fully saturated rings. The summed E-state index contributed by atoms with van der Waals surface area (Å²) >= 11 is 0. The van der Waals surface area contributed by atoms with Crippen LogP contribution >= 0.6 is 0 Å². The van der Waals surface area contributed by atoms with Crippen molar-refractivity contribution in [2.75, 3.05) is 0 Å². The monoisotopic (exact) mass is 353 g/mol. The molecule has 0 saturated heterocycles. The molecule has 130 valence electrons. The van der Waals surface area contributed by atoms with Gasteiger partial charge in [0.15, 0.2) is 0 Å². The van der Waals surface area contributed by atoms with Gasteiger partial charge in [-0.15, -0.1) is 0 Å². The van der Waals surface area contributed by atoms with Crippen LogP contribution in [0.25, 0.3) is 10.9 Å². The van der Waals surface area contributed by atoms with Crippen LogP contribution in [0, 0.1) is 20.2 Å². The topological polar surface area (TPSA) is 125 Å². The standard InChI is InChI=1S/C17H11N3O6/c21-17(13-7-14(19(22)23)9-15(8-13)20(24)25)26-10-12-4-1-3-11-5-2-6-18-16(11)12/h1-9H,10H2. The van der Waals surface area contributed by atoms with Gasteiger partial charge in [-0.2, -0.15) is 0 Å². The van der Waals surface area contributed by atoms with Gasteiger partial charge in [0.25, 0.3) is 11.4 Å². The van der Waals surface area contributed by atoms with Crippen LogP contribution in [-0.4, -0.2) is 20.8 Å². The summed E-state index contributed by atoms with van der Waals surface area (Å²) in [6.07, 6.45) is 1.61. The largest absolute Gasteiger partial charge is 0.457 e. The molecular formula is C17H11N3O6. The Morgan fingerprint density at radius 3 is 2.31 bits per heavy atom. The highest BCUT2D eigenvalue weighted by molar-refractivity contribution is 5.91. The molecule has 0 unspecified atom stereocenters. The number of aromatic nitrogens is 1. The lowest BCUT2D eigenvalue weighted by molar-refractivity contribution is -0.394. The van der Waals surface area contributed by atoms with E-state index in [0.29, 0.717) is 11.1 Å². The molecule has 9 nitrogen and oxygen atoms in total. The first-order valence-corrected chi connectivity index (χ1v) is 7.39. The maximum Gasteiger partial charge on any atom is 0.338 e. The van der Waals surface area contributed by atoms with Gasteiger partial charge >= 0.3 is 5.97 Å². The van der Waals surface area contributed by atoms with E-state index in [2.05, 4.69) is 4.98 Å². The Labute approximate surface area is 146 Å². The Bertz CT molecular complexity index is 996. The van der Waals surface area contributed by atoms with E-state index in [4.69, 9.17) is 4.74 Å². The number of fused-ring (bicyclic) bond motifs is 1. The molecule has 0 radical (unpaired) electrons. The first kappa shape index (κ1) is 17.0. The van der Waals surface area contributed by atoms with Crippen LogP contribution in [0.5, 0.6) is 0 Å². The minimum atomic E-state index is -0.898. The number of non-ortho nitro benzene ring substituents is 2. The molecular weight excluding hydrogens is 342 g/mol. The SMILES string of the molecule is O=C(OCc1cccc2cccnc12)c1cc([N+](=O)[O-])cc([N+](=O)[O-])c1. The van der Waals surface area contributed by atoms with Crippen LogP contribution in [0.15, 0.2) is 54.7 Å². The van der Waals surface area contributed by atoms with Crippen LogP contribution in [0.1, 0.15) is 15.9 Å². The van der Waals surface area contributed by atoms with Gasteiger partial charge in [0.1, 0.15) is 6.61 Å². The van der Waals surface area contributed by atoms with E-state index in [0.717, 1.165) is 23.6 Å². The summed E-state index contributed by atoms with van der Waals surface area (Å²) in [5.41, 5.74) is -0.0701. The fourth-order valence-electron chi connectivity index (χ4n) is 2.43. The summed E-state index contributed by atoms with van der Waals surface area (Å²) in [6.45, 7) is -0.121. The molecule has 0 aliphatic heterocycles. The molecule has 1 heterocycles. The lowest BCUT2D eigenvalue weighted by atomic mass is 10.1. The average molecular weight is 353 g/mol. The van der Waals surface area contributed by atoms with Crippen LogP contribution in [0.3, 0.4) is 0 Å². The molecule has 9 heteroatoms. The normalized spacial score (nSPS) is 10.5. The lowest BCUT2D eigenvalue weighted by Crippen LogP contribution is -2.07. The molecule has 0 N–H and O–H groups in total. The summed E-state index contributed by atoms with van der Waals surface area (Å²) in [5.74, 6) is -0.898. The Morgan fingerprint density at radius 1 is 1.00 bits per heavy atom. The molecule has 0 bridgehead atoms. The second-order valence-electron chi connectivity index (χ2n) is 5.32. The van der Waals surface area contributed by atoms with Crippen LogP contribution in [-0.2, 0) is 11.3 Å². The number of nitro benzene ring substituents is 2. The quantitative estimate of drug-likeness (QED) is 0.391. The highest BCUT2D eigenvalue weighted by Gasteiger charge is 2.21. The van der Waals surface area contributed by atoms with Crippen molar-refractivity contribution < 1.29 is 19.4 Å². The summed E-state index contributed by atoms with van der Waals surface area (Å²) in [7, 11) is 0. The zero-order chi connectivity index (χ0) is 18.7. The molecule has 3 rings (SSSR count). The molecule has 0 saturated carbocycles. The molecule has 0 aliphatic rings. The van der Waals surface area contributed by atoms with Crippen molar-refractivity contribution >= 4 is 28.2 Å². The number of para-hydroxylation sites is 1. The minimum Gasteiger partial charge on any atom is -0.457 e. The van der Waals surface area contributed by atoms with E-state index in [9.17, 15) is 25.0 Å². The second-order valence-corrected chi connectivity index (χ2v) is 5.32. The number of nitrogens with zero attached hydrogens (tertiary/aromatic N) is 3. The first-order chi connectivity index (χ1) is 12.5. The second kappa shape index (κ2) is 6.93. The molecule has 0 aliphatic carbocycles. The number of rotatable bonds is 5. The fourth-order valence-corrected chi connectivity index (χ4v) is 2.43. The van der Waals surface area contributed by atoms with Crippen molar-refractivity contribution in [2.45, 2.75) is 6.61 Å². The third-order valence-corrected chi connectivity index (χ3v) is 3.63. The number of esters is 1. The van der Waals surface area contributed by atoms with Crippen molar-refractivity contribution in [1.29, 1.82) is 0 Å². The third kappa shape index (κ3) is 3.46. The van der Waals surface area contributed by atoms with Crippen molar-refractivity contribution in [3.63, 3.8) is 0 Å². The maximum atomic E-state index is 12.2. The van der Waals surface area contributed by atoms with E-state index >= 15 is 0 Å². The summed E-state index contributed by atoms with van der Waals surface area (Å²) in [4.78, 5) is 36.6. The highest BCUT2D eigenvalue weighted by atomic mass is 16.6. The van der Waals surface area contributed by atoms with Gasteiger partial charge in [-0.1, -0.05) is 24.3 Å². The molecule has 3 aromatic rings. The zero-order valence-corrected chi connectivity index (χ0v) is 13.2. The Hall–Kier alpha value is -3.88. The highest BCUT2D eigenvalue weighted by Crippen LogP contribution is 2.24. The van der Waals surface area contributed by atoms with Gasteiger partial charge < -0.3 is 4.74 Å². The van der Waals surface area contributed by atoms with Crippen molar-refractivity contribution in [2.24, 2.45) is 0 Å². The van der Waals surface area contributed by atoms with Crippen LogP contribution < -0.4 is 0 Å². The van der Waals surface area contributed by atoms with Crippen molar-refractivity contribution in [3.05, 3.63) is 86.1 Å². The molecule has 0 amide bonds.